The molecule has 3 unspecified atom stereocenters. The van der Waals surface area contributed by atoms with Crippen molar-refractivity contribution >= 4 is 5.52 Å². The van der Waals surface area contributed by atoms with Crippen LogP contribution < -0.4 is 16.5 Å². The van der Waals surface area contributed by atoms with Gasteiger partial charge in [-0.25, -0.2) is 15.6 Å². The average Bonchev–Trinajstić information content (AvgIpc) is 3.53. The summed E-state index contributed by atoms with van der Waals surface area (Å²) in [5.74, 6) is 1.57. The van der Waals surface area contributed by atoms with Crippen LogP contribution in [0.3, 0.4) is 0 Å². The van der Waals surface area contributed by atoms with Gasteiger partial charge in [-0.1, -0.05) is 6.42 Å². The van der Waals surface area contributed by atoms with Crippen LogP contribution in [0.1, 0.15) is 62.6 Å². The third kappa shape index (κ3) is 5.15. The van der Waals surface area contributed by atoms with Crippen molar-refractivity contribution in [2.75, 3.05) is 33.4 Å². The van der Waals surface area contributed by atoms with Crippen LogP contribution in [0.25, 0.3) is 5.52 Å². The van der Waals surface area contributed by atoms with Crippen LogP contribution in [0, 0.1) is 17.8 Å². The number of rotatable bonds is 6. The van der Waals surface area contributed by atoms with Gasteiger partial charge in [-0.05, 0) is 75.5 Å². The second-order valence-electron chi connectivity index (χ2n) is 11.9. The van der Waals surface area contributed by atoms with E-state index in [1.807, 2.05) is 6.92 Å². The Morgan fingerprint density at radius 1 is 1.16 bits per heavy atom. The van der Waals surface area contributed by atoms with Crippen molar-refractivity contribution in [3.8, 4) is 0 Å². The first kappa shape index (κ1) is 26.3. The molecule has 2 aliphatic heterocycles. The number of alkyl halides is 3. The minimum absolute atomic E-state index is 0.0343. The van der Waals surface area contributed by atoms with Gasteiger partial charge in [0.25, 0.3) is 0 Å². The number of hydrogen-bond donors (Lipinski definition) is 2. The van der Waals surface area contributed by atoms with Gasteiger partial charge < -0.3 is 4.74 Å². The summed E-state index contributed by atoms with van der Waals surface area (Å²) in [7, 11) is 2.12. The Bertz CT molecular complexity index is 1210. The molecule has 0 amide bonds. The second-order valence-corrected chi connectivity index (χ2v) is 11.9. The molecule has 0 spiro atoms. The summed E-state index contributed by atoms with van der Waals surface area (Å²) in [5, 5.41) is 0. The summed E-state index contributed by atoms with van der Waals surface area (Å²) in [5.41, 5.74) is 6.04. The zero-order valence-corrected chi connectivity index (χ0v) is 22.2. The molecule has 2 aromatic rings. The van der Waals surface area contributed by atoms with Crippen molar-refractivity contribution in [3.05, 3.63) is 40.1 Å². The van der Waals surface area contributed by atoms with E-state index < -0.39 is 11.7 Å². The number of hydrazine groups is 1. The highest BCUT2D eigenvalue weighted by Crippen LogP contribution is 2.49. The fraction of sp³-hybridized carbons (Fsp3) is 0.741. The van der Waals surface area contributed by atoms with Gasteiger partial charge in [0.2, 0.25) is 0 Å². The standard InChI is InChI=1S/C27H39F3N6O2/c1-17-12-34(8-9-38-17)13-18-10-22(27(28,29)30)23-15-35(26(37)36(23)14-18)21-5-3-4-20(11-21)24(19-6-7-19)25-32-31-16-33(25)2/h10,14-15,17,19-21,24-25,31-32H,3-9,11-13,16H2,1-2H3/t17-,20?,21?,24+,25?/m1/s1. The SMILES string of the molecule is C[C@@H]1CN(Cc2cc(C(F)(F)F)c3cn(C4CCCC([C@H](C5CC5)C5NNCN5C)C4)c(=O)n3c2)CCO1. The maximum absolute atomic E-state index is 14.2. The molecule has 0 radical (unpaired) electrons. The van der Waals surface area contributed by atoms with Crippen LogP contribution in [0.15, 0.2) is 23.3 Å². The molecule has 210 valence electrons. The molecule has 2 aliphatic carbocycles. The number of hydrogen-bond acceptors (Lipinski definition) is 6. The minimum Gasteiger partial charge on any atom is -0.376 e. The van der Waals surface area contributed by atoms with E-state index in [0.29, 0.717) is 49.6 Å². The molecule has 2 N–H and O–H groups in total. The van der Waals surface area contributed by atoms with Gasteiger partial charge in [0.15, 0.2) is 0 Å². The van der Waals surface area contributed by atoms with Crippen LogP contribution in [-0.2, 0) is 17.5 Å². The van der Waals surface area contributed by atoms with Crippen molar-refractivity contribution < 1.29 is 17.9 Å². The Morgan fingerprint density at radius 3 is 2.66 bits per heavy atom. The molecule has 4 aliphatic rings. The fourth-order valence-electron chi connectivity index (χ4n) is 7.19. The maximum atomic E-state index is 14.2. The van der Waals surface area contributed by atoms with E-state index in [0.717, 1.165) is 32.4 Å². The normalized spacial score (nSPS) is 30.8. The first-order valence-corrected chi connectivity index (χ1v) is 14.0. The molecule has 2 saturated heterocycles. The van der Waals surface area contributed by atoms with E-state index in [1.54, 1.807) is 10.8 Å². The largest absolute Gasteiger partial charge is 0.418 e. The van der Waals surface area contributed by atoms with Crippen LogP contribution >= 0.6 is 0 Å². The van der Waals surface area contributed by atoms with Gasteiger partial charge in [-0.3, -0.25) is 18.8 Å². The second kappa shape index (κ2) is 10.2. The number of morpholine rings is 1. The zero-order valence-electron chi connectivity index (χ0n) is 22.2. The molecular weight excluding hydrogens is 497 g/mol. The van der Waals surface area contributed by atoms with Crippen molar-refractivity contribution in [2.24, 2.45) is 17.8 Å². The lowest BCUT2D eigenvalue weighted by atomic mass is 9.74. The molecule has 4 fully saturated rings. The van der Waals surface area contributed by atoms with Gasteiger partial charge >= 0.3 is 11.9 Å². The average molecular weight is 537 g/mol. The third-order valence-electron chi connectivity index (χ3n) is 9.09. The predicted molar refractivity (Wildman–Crippen MR) is 137 cm³/mol. The smallest absolute Gasteiger partial charge is 0.376 e. The number of halogens is 3. The van der Waals surface area contributed by atoms with Crippen molar-refractivity contribution in [1.29, 1.82) is 0 Å². The zero-order chi connectivity index (χ0) is 26.6. The summed E-state index contributed by atoms with van der Waals surface area (Å²) < 4.78 is 51.1. The lowest BCUT2D eigenvalue weighted by molar-refractivity contribution is -0.136. The molecule has 2 aromatic heterocycles. The number of fused-ring (bicyclic) bond motifs is 1. The molecule has 8 nitrogen and oxygen atoms in total. The first-order chi connectivity index (χ1) is 18.2. The van der Waals surface area contributed by atoms with Gasteiger partial charge in [0, 0.05) is 38.1 Å². The quantitative estimate of drug-likeness (QED) is 0.590. The topological polar surface area (TPSA) is 66.2 Å². The minimum atomic E-state index is -4.55. The maximum Gasteiger partial charge on any atom is 0.418 e. The third-order valence-corrected chi connectivity index (χ3v) is 9.09. The Labute approximate surface area is 221 Å². The Balaban J connectivity index is 1.31. The lowest BCUT2D eigenvalue weighted by Gasteiger charge is -2.39. The van der Waals surface area contributed by atoms with Crippen LogP contribution in [0.4, 0.5) is 13.2 Å². The highest BCUT2D eigenvalue weighted by atomic mass is 19.4. The van der Waals surface area contributed by atoms with E-state index in [4.69, 9.17) is 4.74 Å². The molecule has 4 heterocycles. The summed E-state index contributed by atoms with van der Waals surface area (Å²) in [6, 6.07) is 1.13. The van der Waals surface area contributed by atoms with E-state index in [9.17, 15) is 18.0 Å². The summed E-state index contributed by atoms with van der Waals surface area (Å²) >= 11 is 0. The van der Waals surface area contributed by atoms with Gasteiger partial charge in [-0.15, -0.1) is 0 Å². The molecule has 11 heteroatoms. The highest BCUT2D eigenvalue weighted by Gasteiger charge is 2.45. The number of ether oxygens (including phenoxy) is 1. The predicted octanol–water partition coefficient (Wildman–Crippen LogP) is 3.42. The van der Waals surface area contributed by atoms with E-state index in [2.05, 4.69) is 27.7 Å². The van der Waals surface area contributed by atoms with Gasteiger partial charge in [0.05, 0.1) is 36.6 Å². The summed E-state index contributed by atoms with van der Waals surface area (Å²) in [6.45, 7) is 4.98. The molecule has 0 bridgehead atoms. The van der Waals surface area contributed by atoms with E-state index in [1.165, 1.54) is 29.5 Å². The Morgan fingerprint density at radius 2 is 1.97 bits per heavy atom. The van der Waals surface area contributed by atoms with E-state index in [-0.39, 0.29) is 29.5 Å². The Hall–Kier alpha value is -1.92. The lowest BCUT2D eigenvalue weighted by Crippen LogP contribution is -2.46. The summed E-state index contributed by atoms with van der Waals surface area (Å²) in [4.78, 5) is 18.0. The van der Waals surface area contributed by atoms with Crippen LogP contribution in [0.2, 0.25) is 0 Å². The molecule has 5 atom stereocenters. The monoisotopic (exact) mass is 536 g/mol. The molecule has 38 heavy (non-hydrogen) atoms. The molecule has 0 aromatic carbocycles. The van der Waals surface area contributed by atoms with Crippen molar-refractivity contribution in [3.63, 3.8) is 0 Å². The highest BCUT2D eigenvalue weighted by molar-refractivity contribution is 5.56. The van der Waals surface area contributed by atoms with Gasteiger partial charge in [0.1, 0.15) is 0 Å². The van der Waals surface area contributed by atoms with E-state index >= 15 is 0 Å². The molecule has 2 saturated carbocycles. The number of nitrogens with one attached hydrogen (secondary N) is 2. The summed E-state index contributed by atoms with van der Waals surface area (Å²) in [6.07, 6.45) is 4.99. The van der Waals surface area contributed by atoms with Crippen LogP contribution in [-0.4, -0.2) is 64.5 Å². The first-order valence-electron chi connectivity index (χ1n) is 14.0. The van der Waals surface area contributed by atoms with Crippen LogP contribution in [0.5, 0.6) is 0 Å². The molecule has 6 rings (SSSR count). The van der Waals surface area contributed by atoms with Gasteiger partial charge in [-0.2, -0.15) is 13.2 Å². The molecular formula is C27H39F3N6O2. The number of aromatic nitrogens is 2. The fourth-order valence-corrected chi connectivity index (χ4v) is 7.19. The van der Waals surface area contributed by atoms with Crippen molar-refractivity contribution in [1.82, 2.24) is 29.6 Å². The number of imidazole rings is 1. The Kier molecular flexibility index (Phi) is 7.09. The number of pyridine rings is 1. The number of nitrogens with zero attached hydrogens (tertiary/aromatic N) is 4. The van der Waals surface area contributed by atoms with Crippen molar-refractivity contribution in [2.45, 2.75) is 76.5 Å².